The first-order valence-corrected chi connectivity index (χ1v) is 11.1. The van der Waals surface area contributed by atoms with Crippen molar-refractivity contribution in [2.75, 3.05) is 31.1 Å². The first kappa shape index (κ1) is 21.0. The van der Waals surface area contributed by atoms with E-state index in [0.717, 1.165) is 42.8 Å². The summed E-state index contributed by atoms with van der Waals surface area (Å²) >= 11 is 0. The highest BCUT2D eigenvalue weighted by molar-refractivity contribution is 5.95. The zero-order chi connectivity index (χ0) is 21.8. The Labute approximate surface area is 183 Å². The molecule has 0 aliphatic carbocycles. The van der Waals surface area contributed by atoms with Crippen LogP contribution in [0.3, 0.4) is 0 Å². The second-order valence-corrected chi connectivity index (χ2v) is 8.04. The minimum Gasteiger partial charge on any atom is -0.354 e. The summed E-state index contributed by atoms with van der Waals surface area (Å²) in [5.74, 6) is 1.10. The van der Waals surface area contributed by atoms with Gasteiger partial charge in [-0.25, -0.2) is 0 Å². The molecule has 0 radical (unpaired) electrons. The van der Waals surface area contributed by atoms with E-state index in [2.05, 4.69) is 40.6 Å². The standard InChI is InChI=1S/C25H30N4O2/c1-3-21(4-2)26-24(30)20-10-11-22-12-13-23(29(22)18-20)27-14-16-28(17-15-27)25(31)19-8-6-5-7-9-19/h5-13,18,21H,3-4,14-17H2,1-2H3,(H,26,30). The lowest BCUT2D eigenvalue weighted by molar-refractivity contribution is 0.0746. The van der Waals surface area contributed by atoms with Crippen molar-refractivity contribution in [2.45, 2.75) is 32.7 Å². The third kappa shape index (κ3) is 4.43. The average molecular weight is 419 g/mol. The van der Waals surface area contributed by atoms with E-state index in [1.165, 1.54) is 0 Å². The van der Waals surface area contributed by atoms with Crippen molar-refractivity contribution >= 4 is 23.1 Å². The van der Waals surface area contributed by atoms with Gasteiger partial charge in [0.2, 0.25) is 0 Å². The predicted octanol–water partition coefficient (Wildman–Crippen LogP) is 3.82. The molecule has 1 aliphatic heterocycles. The fraction of sp³-hybridized carbons (Fsp3) is 0.360. The summed E-state index contributed by atoms with van der Waals surface area (Å²) < 4.78 is 2.08. The van der Waals surface area contributed by atoms with Gasteiger partial charge in [0.1, 0.15) is 5.82 Å². The van der Waals surface area contributed by atoms with Crippen LogP contribution in [0.5, 0.6) is 0 Å². The van der Waals surface area contributed by atoms with Crippen LogP contribution < -0.4 is 10.2 Å². The molecule has 1 aromatic carbocycles. The van der Waals surface area contributed by atoms with Crippen LogP contribution in [0.4, 0.5) is 5.82 Å². The van der Waals surface area contributed by atoms with E-state index < -0.39 is 0 Å². The maximum absolute atomic E-state index is 12.7. The topological polar surface area (TPSA) is 57.1 Å². The number of pyridine rings is 1. The molecule has 0 unspecified atom stereocenters. The molecule has 0 spiro atoms. The molecule has 1 saturated heterocycles. The van der Waals surface area contributed by atoms with Gasteiger partial charge in [0.25, 0.3) is 11.8 Å². The number of piperazine rings is 1. The smallest absolute Gasteiger partial charge is 0.253 e. The number of fused-ring (bicyclic) bond motifs is 1. The summed E-state index contributed by atoms with van der Waals surface area (Å²) in [7, 11) is 0. The molecule has 1 aliphatic rings. The number of nitrogens with zero attached hydrogens (tertiary/aromatic N) is 3. The van der Waals surface area contributed by atoms with E-state index in [9.17, 15) is 9.59 Å². The predicted molar refractivity (Wildman–Crippen MR) is 124 cm³/mol. The lowest BCUT2D eigenvalue weighted by Gasteiger charge is -2.36. The lowest BCUT2D eigenvalue weighted by Crippen LogP contribution is -2.49. The van der Waals surface area contributed by atoms with Crippen LogP contribution in [-0.2, 0) is 0 Å². The van der Waals surface area contributed by atoms with E-state index in [0.29, 0.717) is 18.7 Å². The number of nitrogens with one attached hydrogen (secondary N) is 1. The van der Waals surface area contributed by atoms with E-state index >= 15 is 0 Å². The van der Waals surface area contributed by atoms with Gasteiger partial charge in [-0.3, -0.25) is 9.59 Å². The summed E-state index contributed by atoms with van der Waals surface area (Å²) in [5.41, 5.74) is 2.45. The van der Waals surface area contributed by atoms with Crippen LogP contribution in [0.1, 0.15) is 47.4 Å². The van der Waals surface area contributed by atoms with Gasteiger partial charge in [0.05, 0.1) is 5.56 Å². The van der Waals surface area contributed by atoms with Crippen LogP contribution >= 0.6 is 0 Å². The molecule has 6 nitrogen and oxygen atoms in total. The number of hydrogen-bond acceptors (Lipinski definition) is 3. The monoisotopic (exact) mass is 418 g/mol. The molecule has 0 atom stereocenters. The Morgan fingerprint density at radius 3 is 2.23 bits per heavy atom. The van der Waals surface area contributed by atoms with E-state index in [4.69, 9.17) is 0 Å². The Kier molecular flexibility index (Phi) is 6.26. The van der Waals surface area contributed by atoms with Crippen LogP contribution in [0.25, 0.3) is 5.52 Å². The highest BCUT2D eigenvalue weighted by Gasteiger charge is 2.23. The van der Waals surface area contributed by atoms with Gasteiger partial charge in [-0.2, -0.15) is 0 Å². The van der Waals surface area contributed by atoms with Gasteiger partial charge in [-0.1, -0.05) is 32.0 Å². The molecule has 6 heteroatoms. The van der Waals surface area contributed by atoms with Gasteiger partial charge < -0.3 is 19.5 Å². The highest BCUT2D eigenvalue weighted by Crippen LogP contribution is 2.22. The number of benzene rings is 1. The highest BCUT2D eigenvalue weighted by atomic mass is 16.2. The van der Waals surface area contributed by atoms with Crippen LogP contribution in [0.2, 0.25) is 0 Å². The second kappa shape index (κ2) is 9.25. The van der Waals surface area contributed by atoms with Crippen molar-refractivity contribution in [3.63, 3.8) is 0 Å². The Bertz CT molecular complexity index is 1050. The maximum atomic E-state index is 12.7. The molecule has 1 fully saturated rings. The number of hydrogen-bond donors (Lipinski definition) is 1. The van der Waals surface area contributed by atoms with Crippen molar-refractivity contribution < 1.29 is 9.59 Å². The number of aromatic nitrogens is 1. The lowest BCUT2D eigenvalue weighted by atomic mass is 10.1. The fourth-order valence-corrected chi connectivity index (χ4v) is 4.14. The Morgan fingerprint density at radius 1 is 0.871 bits per heavy atom. The Morgan fingerprint density at radius 2 is 1.55 bits per heavy atom. The number of carbonyl (C=O) groups excluding carboxylic acids is 2. The van der Waals surface area contributed by atoms with E-state index in [1.807, 2.05) is 53.6 Å². The minimum atomic E-state index is -0.0338. The summed E-state index contributed by atoms with van der Waals surface area (Å²) in [6.45, 7) is 7.04. The summed E-state index contributed by atoms with van der Waals surface area (Å²) in [4.78, 5) is 29.6. The normalized spacial score (nSPS) is 14.3. The van der Waals surface area contributed by atoms with Crippen molar-refractivity contribution in [1.29, 1.82) is 0 Å². The van der Waals surface area contributed by atoms with Gasteiger partial charge in [0, 0.05) is 49.5 Å². The molecule has 31 heavy (non-hydrogen) atoms. The SMILES string of the molecule is CCC(CC)NC(=O)c1ccc2ccc(N3CCN(C(=O)c4ccccc4)CC3)n2c1. The van der Waals surface area contributed by atoms with Gasteiger partial charge in [0.15, 0.2) is 0 Å². The van der Waals surface area contributed by atoms with Crippen LogP contribution in [0.15, 0.2) is 60.8 Å². The average Bonchev–Trinajstić information content (AvgIpc) is 3.26. The molecule has 2 amide bonds. The van der Waals surface area contributed by atoms with Gasteiger partial charge in [-0.15, -0.1) is 0 Å². The van der Waals surface area contributed by atoms with E-state index in [-0.39, 0.29) is 17.9 Å². The number of carbonyl (C=O) groups is 2. The molecule has 162 valence electrons. The quantitative estimate of drug-likeness (QED) is 0.662. The van der Waals surface area contributed by atoms with Crippen molar-refractivity contribution in [2.24, 2.45) is 0 Å². The van der Waals surface area contributed by atoms with Crippen LogP contribution in [0, 0.1) is 0 Å². The van der Waals surface area contributed by atoms with Crippen molar-refractivity contribution in [3.05, 3.63) is 71.9 Å². The second-order valence-electron chi connectivity index (χ2n) is 8.04. The third-order valence-electron chi connectivity index (χ3n) is 6.12. The number of anilines is 1. The Hall–Kier alpha value is -3.28. The van der Waals surface area contributed by atoms with E-state index in [1.54, 1.807) is 0 Å². The van der Waals surface area contributed by atoms with Crippen LogP contribution in [-0.4, -0.2) is 53.3 Å². The molecule has 2 aromatic heterocycles. The van der Waals surface area contributed by atoms with Crippen molar-refractivity contribution in [1.82, 2.24) is 14.6 Å². The molecule has 4 rings (SSSR count). The molecule has 3 aromatic rings. The molecule has 1 N–H and O–H groups in total. The minimum absolute atomic E-state index is 0.0338. The summed E-state index contributed by atoms with van der Waals surface area (Å²) in [6, 6.07) is 17.7. The largest absolute Gasteiger partial charge is 0.354 e. The summed E-state index contributed by atoms with van der Waals surface area (Å²) in [5, 5.41) is 3.11. The zero-order valence-electron chi connectivity index (χ0n) is 18.3. The molecule has 3 heterocycles. The van der Waals surface area contributed by atoms with Gasteiger partial charge in [-0.05, 0) is 49.2 Å². The maximum Gasteiger partial charge on any atom is 0.253 e. The number of rotatable bonds is 6. The third-order valence-corrected chi connectivity index (χ3v) is 6.12. The molecule has 0 saturated carbocycles. The first-order chi connectivity index (χ1) is 15.1. The van der Waals surface area contributed by atoms with Gasteiger partial charge >= 0.3 is 0 Å². The molecule has 0 bridgehead atoms. The first-order valence-electron chi connectivity index (χ1n) is 11.1. The Balaban J connectivity index is 1.48. The van der Waals surface area contributed by atoms with Crippen molar-refractivity contribution in [3.8, 4) is 0 Å². The fourth-order valence-electron chi connectivity index (χ4n) is 4.14. The zero-order valence-corrected chi connectivity index (χ0v) is 18.3. The number of amides is 2. The summed E-state index contributed by atoms with van der Waals surface area (Å²) in [6.07, 6.45) is 3.76. The molecular formula is C25H30N4O2. The molecular weight excluding hydrogens is 388 g/mol.